The molecule has 1 saturated heterocycles. The van der Waals surface area contributed by atoms with Crippen molar-refractivity contribution in [2.45, 2.75) is 45.4 Å². The van der Waals surface area contributed by atoms with Crippen molar-refractivity contribution in [2.24, 2.45) is 5.92 Å². The molecule has 2 N–H and O–H groups in total. The quantitative estimate of drug-likeness (QED) is 0.838. The molecule has 134 valence electrons. The Hall–Kier alpha value is -1.66. The van der Waals surface area contributed by atoms with Gasteiger partial charge in [-0.05, 0) is 37.0 Å². The van der Waals surface area contributed by atoms with Gasteiger partial charge in [0.2, 0.25) is 0 Å². The van der Waals surface area contributed by atoms with E-state index in [0.717, 1.165) is 6.42 Å². The molecule has 24 heavy (non-hydrogen) atoms. The van der Waals surface area contributed by atoms with Gasteiger partial charge in [-0.1, -0.05) is 26.0 Å². The van der Waals surface area contributed by atoms with E-state index in [1.165, 1.54) is 12.1 Å². The average Bonchev–Trinajstić information content (AvgIpc) is 2.92. The van der Waals surface area contributed by atoms with Crippen LogP contribution < -0.4 is 5.32 Å². The van der Waals surface area contributed by atoms with Gasteiger partial charge in [-0.25, -0.2) is 9.18 Å². The highest BCUT2D eigenvalue weighted by molar-refractivity contribution is 5.74. The van der Waals surface area contributed by atoms with Gasteiger partial charge in [0.25, 0.3) is 0 Å². The Kier molecular flexibility index (Phi) is 6.57. The zero-order valence-electron chi connectivity index (χ0n) is 14.5. The molecule has 6 heteroatoms. The average molecular weight is 338 g/mol. The molecule has 5 nitrogen and oxygen atoms in total. The summed E-state index contributed by atoms with van der Waals surface area (Å²) in [6, 6.07) is 5.49. The van der Waals surface area contributed by atoms with E-state index in [0.29, 0.717) is 18.7 Å². The third kappa shape index (κ3) is 5.18. The molecular formula is C18H27FN2O3. The Morgan fingerprint density at radius 3 is 2.58 bits per heavy atom. The molecule has 1 aromatic carbocycles. The molecule has 0 bridgehead atoms. The van der Waals surface area contributed by atoms with E-state index in [9.17, 15) is 14.3 Å². The smallest absolute Gasteiger partial charge is 0.317 e. The first-order valence-electron chi connectivity index (χ1n) is 8.47. The molecule has 2 rings (SSSR count). The number of halogens is 1. The van der Waals surface area contributed by atoms with Crippen molar-refractivity contribution in [1.82, 2.24) is 10.2 Å². The normalized spacial score (nSPS) is 21.8. The van der Waals surface area contributed by atoms with Crippen molar-refractivity contribution in [3.63, 3.8) is 0 Å². The monoisotopic (exact) mass is 338 g/mol. The lowest BCUT2D eigenvalue weighted by atomic mass is 10.1. The Labute approximate surface area is 142 Å². The zero-order valence-corrected chi connectivity index (χ0v) is 14.5. The van der Waals surface area contributed by atoms with Gasteiger partial charge in [0, 0.05) is 13.2 Å². The number of nitrogens with zero attached hydrogens (tertiary/aromatic N) is 1. The minimum atomic E-state index is -0.854. The minimum absolute atomic E-state index is 0.00290. The van der Waals surface area contributed by atoms with E-state index in [4.69, 9.17) is 4.74 Å². The molecule has 0 radical (unpaired) electrons. The number of amides is 2. The van der Waals surface area contributed by atoms with E-state index in [2.05, 4.69) is 5.32 Å². The number of hydrogen-bond acceptors (Lipinski definition) is 3. The summed E-state index contributed by atoms with van der Waals surface area (Å²) in [5.74, 6) is -0.0774. The van der Waals surface area contributed by atoms with Gasteiger partial charge in [0.15, 0.2) is 0 Å². The predicted octanol–water partition coefficient (Wildman–Crippen LogP) is 2.70. The van der Waals surface area contributed by atoms with E-state index in [-0.39, 0.29) is 36.5 Å². The van der Waals surface area contributed by atoms with Crippen LogP contribution in [0.3, 0.4) is 0 Å². The molecule has 1 aliphatic heterocycles. The van der Waals surface area contributed by atoms with Gasteiger partial charge in [-0.2, -0.15) is 0 Å². The molecule has 0 aliphatic carbocycles. The number of carbonyl (C=O) groups is 1. The molecule has 0 spiro atoms. The maximum atomic E-state index is 13.0. The fourth-order valence-corrected chi connectivity index (χ4v) is 2.85. The summed E-state index contributed by atoms with van der Waals surface area (Å²) in [4.78, 5) is 14.2. The number of nitrogens with one attached hydrogen (secondary N) is 1. The summed E-state index contributed by atoms with van der Waals surface area (Å²) in [6.45, 7) is 7.33. The van der Waals surface area contributed by atoms with Gasteiger partial charge in [0.1, 0.15) is 5.82 Å². The SMILES string of the molecule is CC(C)CN(CC(O)c1ccc(F)cc1)C(=O)NC1CCOC1C. The molecule has 3 unspecified atom stereocenters. The lowest BCUT2D eigenvalue weighted by Crippen LogP contribution is -2.49. The van der Waals surface area contributed by atoms with E-state index >= 15 is 0 Å². The van der Waals surface area contributed by atoms with Crippen molar-refractivity contribution >= 4 is 6.03 Å². The molecular weight excluding hydrogens is 311 g/mol. The fourth-order valence-electron chi connectivity index (χ4n) is 2.85. The van der Waals surface area contributed by atoms with Crippen LogP contribution in [-0.4, -0.2) is 47.9 Å². The second kappa shape index (κ2) is 8.44. The minimum Gasteiger partial charge on any atom is -0.387 e. The summed E-state index contributed by atoms with van der Waals surface area (Å²) in [5.41, 5.74) is 0.593. The number of aliphatic hydroxyl groups is 1. The van der Waals surface area contributed by atoms with Gasteiger partial charge in [-0.3, -0.25) is 0 Å². The van der Waals surface area contributed by atoms with Crippen LogP contribution in [0.5, 0.6) is 0 Å². The van der Waals surface area contributed by atoms with Crippen LogP contribution in [-0.2, 0) is 4.74 Å². The molecule has 1 aromatic rings. The van der Waals surface area contributed by atoms with Crippen LogP contribution in [0.2, 0.25) is 0 Å². The van der Waals surface area contributed by atoms with Crippen molar-refractivity contribution in [2.75, 3.05) is 19.7 Å². The van der Waals surface area contributed by atoms with Crippen molar-refractivity contribution in [3.05, 3.63) is 35.6 Å². The standard InChI is InChI=1S/C18H27FN2O3/c1-12(2)10-21(18(23)20-16-8-9-24-13(16)3)11-17(22)14-4-6-15(19)7-5-14/h4-7,12-13,16-17,22H,8-11H2,1-3H3,(H,20,23). The van der Waals surface area contributed by atoms with Crippen LogP contribution in [0.1, 0.15) is 38.9 Å². The number of urea groups is 1. The maximum Gasteiger partial charge on any atom is 0.317 e. The third-order valence-electron chi connectivity index (χ3n) is 4.21. The summed E-state index contributed by atoms with van der Waals surface area (Å²) in [7, 11) is 0. The topological polar surface area (TPSA) is 61.8 Å². The number of benzene rings is 1. The predicted molar refractivity (Wildman–Crippen MR) is 90.1 cm³/mol. The van der Waals surface area contributed by atoms with Gasteiger partial charge in [-0.15, -0.1) is 0 Å². The Bertz CT molecular complexity index is 536. The van der Waals surface area contributed by atoms with Crippen LogP contribution in [0, 0.1) is 11.7 Å². The first-order chi connectivity index (χ1) is 11.4. The van der Waals surface area contributed by atoms with Gasteiger partial charge in [0.05, 0.1) is 24.8 Å². The number of carbonyl (C=O) groups excluding carboxylic acids is 1. The van der Waals surface area contributed by atoms with Crippen LogP contribution in [0.25, 0.3) is 0 Å². The van der Waals surface area contributed by atoms with Crippen LogP contribution in [0.15, 0.2) is 24.3 Å². The second-order valence-corrected chi connectivity index (χ2v) is 6.79. The van der Waals surface area contributed by atoms with E-state index in [1.54, 1.807) is 17.0 Å². The van der Waals surface area contributed by atoms with Crippen LogP contribution in [0.4, 0.5) is 9.18 Å². The summed E-state index contributed by atoms with van der Waals surface area (Å²) in [6.07, 6.45) is -0.0626. The molecule has 1 aliphatic rings. The molecule has 2 amide bonds. The lowest BCUT2D eigenvalue weighted by Gasteiger charge is -2.29. The first-order valence-corrected chi connectivity index (χ1v) is 8.47. The number of hydrogen-bond donors (Lipinski definition) is 2. The first kappa shape index (κ1) is 18.7. The van der Waals surface area contributed by atoms with Crippen molar-refractivity contribution in [1.29, 1.82) is 0 Å². The van der Waals surface area contributed by atoms with Gasteiger partial charge < -0.3 is 20.1 Å². The zero-order chi connectivity index (χ0) is 17.7. The Morgan fingerprint density at radius 2 is 2.04 bits per heavy atom. The van der Waals surface area contributed by atoms with Gasteiger partial charge >= 0.3 is 6.03 Å². The van der Waals surface area contributed by atoms with E-state index in [1.807, 2.05) is 20.8 Å². The molecule has 1 fully saturated rings. The molecule has 0 aromatic heterocycles. The Balaban J connectivity index is 2.01. The highest BCUT2D eigenvalue weighted by Crippen LogP contribution is 2.17. The lowest BCUT2D eigenvalue weighted by molar-refractivity contribution is 0.102. The van der Waals surface area contributed by atoms with Crippen LogP contribution >= 0.6 is 0 Å². The highest BCUT2D eigenvalue weighted by Gasteiger charge is 2.28. The van der Waals surface area contributed by atoms with E-state index < -0.39 is 6.10 Å². The number of ether oxygens (including phenoxy) is 1. The fraction of sp³-hybridized carbons (Fsp3) is 0.611. The second-order valence-electron chi connectivity index (χ2n) is 6.79. The molecule has 0 saturated carbocycles. The molecule has 1 heterocycles. The maximum absolute atomic E-state index is 13.0. The highest BCUT2D eigenvalue weighted by atomic mass is 19.1. The Morgan fingerprint density at radius 1 is 1.38 bits per heavy atom. The summed E-state index contributed by atoms with van der Waals surface area (Å²) in [5, 5.41) is 13.4. The van der Waals surface area contributed by atoms with Crippen molar-refractivity contribution in [3.8, 4) is 0 Å². The third-order valence-corrected chi connectivity index (χ3v) is 4.21. The summed E-state index contributed by atoms with van der Waals surface area (Å²) < 4.78 is 18.5. The largest absolute Gasteiger partial charge is 0.387 e. The molecule has 3 atom stereocenters. The number of aliphatic hydroxyl groups excluding tert-OH is 1. The number of rotatable bonds is 6. The van der Waals surface area contributed by atoms with Crippen molar-refractivity contribution < 1.29 is 19.0 Å². The summed E-state index contributed by atoms with van der Waals surface area (Å²) >= 11 is 0.